The van der Waals surface area contributed by atoms with Gasteiger partial charge in [-0.05, 0) is 61.3 Å². The van der Waals surface area contributed by atoms with Crippen LogP contribution in [0.5, 0.6) is 5.75 Å². The molecule has 0 aromatic heterocycles. The molecular weight excluding hydrogens is 310 g/mol. The molecule has 130 valence electrons. The molecule has 0 atom stereocenters. The van der Waals surface area contributed by atoms with Gasteiger partial charge >= 0.3 is 0 Å². The number of hydrogen-bond donors (Lipinski definition) is 1. The van der Waals surface area contributed by atoms with Crippen molar-refractivity contribution in [2.24, 2.45) is 0 Å². The van der Waals surface area contributed by atoms with Crippen molar-refractivity contribution in [3.8, 4) is 11.8 Å². The molecule has 0 amide bonds. The van der Waals surface area contributed by atoms with E-state index in [1.165, 1.54) is 11.1 Å². The maximum absolute atomic E-state index is 8.98. The topological polar surface area (TPSA) is 48.3 Å². The maximum atomic E-state index is 8.98. The molecule has 2 aromatic rings. The van der Waals surface area contributed by atoms with Crippen molar-refractivity contribution in [2.45, 2.75) is 32.0 Å². The van der Waals surface area contributed by atoms with Gasteiger partial charge in [-0.2, -0.15) is 5.26 Å². The number of benzene rings is 2. The molecule has 0 saturated carbocycles. The molecule has 0 unspecified atom stereocenters. The summed E-state index contributed by atoms with van der Waals surface area (Å²) in [5.74, 6) is 0.925. The fourth-order valence-electron chi connectivity index (χ4n) is 3.34. The predicted octanol–water partition coefficient (Wildman–Crippen LogP) is 3.32. The number of hydrogen-bond acceptors (Lipinski definition) is 4. The standard InChI is InChI=1S/C21H25N3O/c1-25-21-7-3-6-19(13-21)16-24-10-8-20(9-11-24)23-15-18-5-2-4-17(12-18)14-22/h2-7,12-13,20,23H,8-11,15-16H2,1H3. The first-order valence-electron chi connectivity index (χ1n) is 8.84. The third-order valence-electron chi connectivity index (χ3n) is 4.78. The molecule has 1 N–H and O–H groups in total. The van der Waals surface area contributed by atoms with Crippen molar-refractivity contribution in [3.05, 3.63) is 65.2 Å². The Kier molecular flexibility index (Phi) is 6.05. The zero-order valence-corrected chi connectivity index (χ0v) is 14.7. The van der Waals surface area contributed by atoms with Gasteiger partial charge in [0.15, 0.2) is 0 Å². The number of rotatable bonds is 6. The summed E-state index contributed by atoms with van der Waals surface area (Å²) in [6, 6.07) is 18.9. The first-order valence-corrected chi connectivity index (χ1v) is 8.84. The second-order valence-electron chi connectivity index (χ2n) is 6.60. The van der Waals surface area contributed by atoms with Gasteiger partial charge in [0.1, 0.15) is 5.75 Å². The average molecular weight is 335 g/mol. The van der Waals surface area contributed by atoms with Gasteiger partial charge in [-0.15, -0.1) is 0 Å². The van der Waals surface area contributed by atoms with Crippen LogP contribution in [0.1, 0.15) is 29.5 Å². The lowest BCUT2D eigenvalue weighted by Gasteiger charge is -2.32. The number of nitrogens with one attached hydrogen (secondary N) is 1. The van der Waals surface area contributed by atoms with Crippen molar-refractivity contribution in [2.75, 3.05) is 20.2 Å². The van der Waals surface area contributed by atoms with Crippen molar-refractivity contribution in [3.63, 3.8) is 0 Å². The molecule has 2 aromatic carbocycles. The minimum atomic E-state index is 0.548. The third kappa shape index (κ3) is 5.06. The van der Waals surface area contributed by atoms with E-state index in [1.807, 2.05) is 24.3 Å². The number of piperidine rings is 1. The second kappa shape index (κ2) is 8.66. The fourth-order valence-corrected chi connectivity index (χ4v) is 3.34. The van der Waals surface area contributed by atoms with Crippen LogP contribution in [0.2, 0.25) is 0 Å². The summed E-state index contributed by atoms with van der Waals surface area (Å²) in [5, 5.41) is 12.6. The van der Waals surface area contributed by atoms with Crippen molar-refractivity contribution >= 4 is 0 Å². The molecule has 25 heavy (non-hydrogen) atoms. The van der Waals surface area contributed by atoms with Gasteiger partial charge < -0.3 is 10.1 Å². The molecule has 1 fully saturated rings. The quantitative estimate of drug-likeness (QED) is 0.880. The Hall–Kier alpha value is -2.35. The van der Waals surface area contributed by atoms with Crippen molar-refractivity contribution in [1.29, 1.82) is 5.26 Å². The zero-order chi connectivity index (χ0) is 17.5. The van der Waals surface area contributed by atoms with Crippen LogP contribution < -0.4 is 10.1 Å². The molecule has 1 heterocycles. The highest BCUT2D eigenvalue weighted by molar-refractivity contribution is 5.32. The molecular formula is C21H25N3O. The Morgan fingerprint density at radius 2 is 1.88 bits per heavy atom. The Labute approximate surface area is 150 Å². The van der Waals surface area contributed by atoms with Gasteiger partial charge in [0, 0.05) is 19.1 Å². The summed E-state index contributed by atoms with van der Waals surface area (Å²) in [5.41, 5.74) is 3.21. The summed E-state index contributed by atoms with van der Waals surface area (Å²) in [4.78, 5) is 2.50. The molecule has 1 aliphatic heterocycles. The van der Waals surface area contributed by atoms with Crippen LogP contribution in [0.3, 0.4) is 0 Å². The highest BCUT2D eigenvalue weighted by atomic mass is 16.5. The molecule has 0 spiro atoms. The van der Waals surface area contributed by atoms with Gasteiger partial charge in [0.25, 0.3) is 0 Å². The van der Waals surface area contributed by atoms with Gasteiger partial charge in [-0.1, -0.05) is 24.3 Å². The summed E-state index contributed by atoms with van der Waals surface area (Å²) < 4.78 is 5.30. The summed E-state index contributed by atoms with van der Waals surface area (Å²) >= 11 is 0. The molecule has 0 aliphatic carbocycles. The van der Waals surface area contributed by atoms with Crippen LogP contribution in [-0.2, 0) is 13.1 Å². The molecule has 0 bridgehead atoms. The highest BCUT2D eigenvalue weighted by Gasteiger charge is 2.18. The van der Waals surface area contributed by atoms with Gasteiger partial charge in [0.05, 0.1) is 18.7 Å². The van der Waals surface area contributed by atoms with Gasteiger partial charge in [-0.3, -0.25) is 4.90 Å². The van der Waals surface area contributed by atoms with E-state index in [0.717, 1.165) is 50.3 Å². The molecule has 3 rings (SSSR count). The molecule has 4 heteroatoms. The number of nitriles is 1. The van der Waals surface area contributed by atoms with Crippen LogP contribution >= 0.6 is 0 Å². The van der Waals surface area contributed by atoms with Crippen molar-refractivity contribution in [1.82, 2.24) is 10.2 Å². The van der Waals surface area contributed by atoms with E-state index in [9.17, 15) is 0 Å². The van der Waals surface area contributed by atoms with Gasteiger partial charge in [-0.25, -0.2) is 0 Å². The first-order chi connectivity index (χ1) is 12.3. The van der Waals surface area contributed by atoms with Crippen LogP contribution in [0, 0.1) is 11.3 Å². The lowest BCUT2D eigenvalue weighted by Crippen LogP contribution is -2.41. The highest BCUT2D eigenvalue weighted by Crippen LogP contribution is 2.18. The number of methoxy groups -OCH3 is 1. The molecule has 1 aliphatic rings. The first kappa shape index (κ1) is 17.5. The smallest absolute Gasteiger partial charge is 0.119 e. The number of nitrogens with zero attached hydrogens (tertiary/aromatic N) is 2. The summed E-state index contributed by atoms with van der Waals surface area (Å²) in [7, 11) is 1.71. The Morgan fingerprint density at radius 1 is 1.12 bits per heavy atom. The second-order valence-corrected chi connectivity index (χ2v) is 6.60. The molecule has 0 radical (unpaired) electrons. The molecule has 1 saturated heterocycles. The average Bonchev–Trinajstić information content (AvgIpc) is 2.68. The minimum Gasteiger partial charge on any atom is -0.497 e. The normalized spacial score (nSPS) is 15.7. The van der Waals surface area contributed by atoms with E-state index in [1.54, 1.807) is 7.11 Å². The van der Waals surface area contributed by atoms with E-state index < -0.39 is 0 Å². The zero-order valence-electron chi connectivity index (χ0n) is 14.7. The Balaban J connectivity index is 1.44. The van der Waals surface area contributed by atoms with Crippen LogP contribution in [0.15, 0.2) is 48.5 Å². The number of ether oxygens (including phenoxy) is 1. The Bertz CT molecular complexity index is 730. The molecule has 4 nitrogen and oxygen atoms in total. The SMILES string of the molecule is COc1cccc(CN2CCC(NCc3cccc(C#N)c3)CC2)c1. The van der Waals surface area contributed by atoms with Crippen LogP contribution in [0.25, 0.3) is 0 Å². The van der Waals surface area contributed by atoms with Crippen LogP contribution in [0.4, 0.5) is 0 Å². The van der Waals surface area contributed by atoms with E-state index >= 15 is 0 Å². The van der Waals surface area contributed by atoms with E-state index in [0.29, 0.717) is 6.04 Å². The predicted molar refractivity (Wildman–Crippen MR) is 99.3 cm³/mol. The minimum absolute atomic E-state index is 0.548. The lowest BCUT2D eigenvalue weighted by molar-refractivity contribution is 0.190. The number of likely N-dealkylation sites (tertiary alicyclic amines) is 1. The van der Waals surface area contributed by atoms with E-state index in [2.05, 4.69) is 40.6 Å². The van der Waals surface area contributed by atoms with E-state index in [4.69, 9.17) is 10.00 Å². The van der Waals surface area contributed by atoms with Crippen LogP contribution in [-0.4, -0.2) is 31.1 Å². The lowest BCUT2D eigenvalue weighted by atomic mass is 10.0. The van der Waals surface area contributed by atoms with Crippen molar-refractivity contribution < 1.29 is 4.74 Å². The summed E-state index contributed by atoms with van der Waals surface area (Å²) in [6.45, 7) is 4.02. The monoisotopic (exact) mass is 335 g/mol. The van der Waals surface area contributed by atoms with E-state index in [-0.39, 0.29) is 0 Å². The maximum Gasteiger partial charge on any atom is 0.119 e. The Morgan fingerprint density at radius 3 is 2.64 bits per heavy atom. The third-order valence-corrected chi connectivity index (χ3v) is 4.78. The van der Waals surface area contributed by atoms with Gasteiger partial charge in [0.2, 0.25) is 0 Å². The largest absolute Gasteiger partial charge is 0.497 e. The fraction of sp³-hybridized carbons (Fsp3) is 0.381. The summed E-state index contributed by atoms with van der Waals surface area (Å²) in [6.07, 6.45) is 2.31.